The van der Waals surface area contributed by atoms with E-state index in [1.54, 1.807) is 6.08 Å². The molecule has 5 heteroatoms. The molecule has 0 aromatic carbocycles. The van der Waals surface area contributed by atoms with Crippen molar-refractivity contribution in [3.8, 4) is 0 Å². The van der Waals surface area contributed by atoms with Crippen molar-refractivity contribution < 1.29 is 9.47 Å². The van der Waals surface area contributed by atoms with Crippen LogP contribution in [0.2, 0.25) is 0 Å². The maximum Gasteiger partial charge on any atom is 0.117 e. The lowest BCUT2D eigenvalue weighted by Gasteiger charge is -2.46. The average molecular weight is 320 g/mol. The van der Waals surface area contributed by atoms with Crippen LogP contribution >= 0.6 is 0 Å². The number of hydrogen-bond acceptors (Lipinski definition) is 4. The van der Waals surface area contributed by atoms with Gasteiger partial charge in [0.1, 0.15) is 25.4 Å². The smallest absolute Gasteiger partial charge is 0.117 e. The second-order valence-electron chi connectivity index (χ2n) is 7.30. The van der Waals surface area contributed by atoms with Gasteiger partial charge in [0, 0.05) is 23.2 Å². The Bertz CT molecular complexity index is 440. The first-order valence-corrected chi connectivity index (χ1v) is 7.89. The highest BCUT2D eigenvalue weighted by atomic mass is 16.5. The Balaban J connectivity index is 4.89. The SMILES string of the molecule is [B]C(C)(NC(=C)C(C)(C)CCOC(C)N)C(C)(C)OC(=C)C=C. The summed E-state index contributed by atoms with van der Waals surface area (Å²) in [6.45, 7) is 23.8. The quantitative estimate of drug-likeness (QED) is 0.266. The van der Waals surface area contributed by atoms with Crippen molar-refractivity contribution in [2.75, 3.05) is 6.61 Å². The molecule has 130 valence electrons. The first-order chi connectivity index (χ1) is 10.2. The molecule has 0 heterocycles. The van der Waals surface area contributed by atoms with E-state index >= 15 is 0 Å². The molecule has 3 N–H and O–H groups in total. The molecule has 0 aromatic heterocycles. The van der Waals surface area contributed by atoms with Crippen LogP contribution in [0, 0.1) is 5.41 Å². The molecular weight excluding hydrogens is 287 g/mol. The molecule has 2 unspecified atom stereocenters. The monoisotopic (exact) mass is 320 g/mol. The van der Waals surface area contributed by atoms with Gasteiger partial charge in [-0.25, -0.2) is 0 Å². The van der Waals surface area contributed by atoms with Gasteiger partial charge in [-0.1, -0.05) is 33.6 Å². The van der Waals surface area contributed by atoms with Crippen molar-refractivity contribution in [2.45, 2.75) is 65.2 Å². The second kappa shape index (κ2) is 8.07. The van der Waals surface area contributed by atoms with Gasteiger partial charge in [-0.05, 0) is 40.2 Å². The van der Waals surface area contributed by atoms with E-state index < -0.39 is 11.0 Å². The van der Waals surface area contributed by atoms with Crippen LogP contribution in [0.4, 0.5) is 0 Å². The Kier molecular flexibility index (Phi) is 7.65. The van der Waals surface area contributed by atoms with E-state index in [0.29, 0.717) is 12.4 Å². The lowest BCUT2D eigenvalue weighted by Crippen LogP contribution is -2.60. The normalized spacial score (nSPS) is 16.1. The van der Waals surface area contributed by atoms with Crippen molar-refractivity contribution in [1.29, 1.82) is 0 Å². The Hall–Kier alpha value is -1.20. The minimum Gasteiger partial charge on any atom is -0.487 e. The Morgan fingerprint density at radius 2 is 1.78 bits per heavy atom. The molecule has 2 atom stereocenters. The number of allylic oxidation sites excluding steroid dienone is 2. The van der Waals surface area contributed by atoms with Crippen molar-refractivity contribution >= 4 is 7.85 Å². The fraction of sp³-hybridized carbons (Fsp3) is 0.667. The Morgan fingerprint density at radius 1 is 1.26 bits per heavy atom. The number of hydrogen-bond donors (Lipinski definition) is 2. The van der Waals surface area contributed by atoms with Gasteiger partial charge in [-0.15, -0.1) is 0 Å². The van der Waals surface area contributed by atoms with Crippen molar-refractivity contribution in [1.82, 2.24) is 5.32 Å². The number of rotatable bonds is 11. The summed E-state index contributed by atoms with van der Waals surface area (Å²) in [7, 11) is 6.45. The zero-order valence-electron chi connectivity index (χ0n) is 15.7. The topological polar surface area (TPSA) is 56.5 Å². The van der Waals surface area contributed by atoms with Gasteiger partial charge >= 0.3 is 0 Å². The van der Waals surface area contributed by atoms with E-state index in [1.165, 1.54) is 0 Å². The standard InChI is InChI=1S/C18H33BN2O2/c1-10-13(2)23-17(7,8)18(9,19)21-14(3)16(5,6)11-12-22-15(4)20/h10,15,21H,1-3,11-12,20H2,4-9H3. The van der Waals surface area contributed by atoms with Gasteiger partial charge in [0.15, 0.2) is 0 Å². The largest absolute Gasteiger partial charge is 0.487 e. The second-order valence-corrected chi connectivity index (χ2v) is 7.30. The first-order valence-electron chi connectivity index (χ1n) is 7.89. The number of nitrogens with one attached hydrogen (secondary N) is 1. The molecule has 0 aromatic rings. The molecule has 0 aliphatic carbocycles. The maximum absolute atomic E-state index is 6.45. The van der Waals surface area contributed by atoms with Crippen LogP contribution in [-0.4, -0.2) is 31.7 Å². The summed E-state index contributed by atoms with van der Waals surface area (Å²) >= 11 is 0. The molecule has 2 radical (unpaired) electrons. The summed E-state index contributed by atoms with van der Waals surface area (Å²) in [6.07, 6.45) is 2.06. The van der Waals surface area contributed by atoms with Gasteiger partial charge in [0.25, 0.3) is 0 Å². The fourth-order valence-electron chi connectivity index (χ4n) is 1.76. The molecule has 0 aliphatic rings. The van der Waals surface area contributed by atoms with Crippen molar-refractivity contribution in [3.63, 3.8) is 0 Å². The summed E-state index contributed by atoms with van der Waals surface area (Å²) in [5.41, 5.74) is 4.65. The third-order valence-electron chi connectivity index (χ3n) is 4.20. The highest BCUT2D eigenvalue weighted by Gasteiger charge is 2.40. The van der Waals surface area contributed by atoms with Gasteiger partial charge in [0.2, 0.25) is 0 Å². The van der Waals surface area contributed by atoms with Gasteiger partial charge in [-0.3, -0.25) is 0 Å². The minimum atomic E-state index is -0.852. The molecule has 0 saturated carbocycles. The van der Waals surface area contributed by atoms with Crippen LogP contribution < -0.4 is 11.1 Å². The number of ether oxygens (including phenoxy) is 2. The van der Waals surface area contributed by atoms with Gasteiger partial charge in [0.05, 0.1) is 0 Å². The average Bonchev–Trinajstić information content (AvgIpc) is 2.36. The van der Waals surface area contributed by atoms with Gasteiger partial charge < -0.3 is 20.5 Å². The summed E-state index contributed by atoms with van der Waals surface area (Å²) < 4.78 is 11.2. The molecule has 0 spiro atoms. The third-order valence-corrected chi connectivity index (χ3v) is 4.20. The lowest BCUT2D eigenvalue weighted by molar-refractivity contribution is -0.00270. The molecule has 0 rings (SSSR count). The fourth-order valence-corrected chi connectivity index (χ4v) is 1.76. The highest BCUT2D eigenvalue weighted by molar-refractivity contribution is 6.16. The highest BCUT2D eigenvalue weighted by Crippen LogP contribution is 2.32. The molecule has 0 aliphatic heterocycles. The predicted molar refractivity (Wildman–Crippen MR) is 98.9 cm³/mol. The Morgan fingerprint density at radius 3 is 2.22 bits per heavy atom. The minimum absolute atomic E-state index is 0.207. The van der Waals surface area contributed by atoms with Gasteiger partial charge in [-0.2, -0.15) is 0 Å². The molecular formula is C18H33BN2O2. The van der Waals surface area contributed by atoms with Crippen molar-refractivity contribution in [2.24, 2.45) is 11.1 Å². The summed E-state index contributed by atoms with van der Waals surface area (Å²) in [5, 5.41) is 3.30. The Labute approximate surface area is 143 Å². The van der Waals surface area contributed by atoms with E-state index in [2.05, 4.69) is 38.9 Å². The van der Waals surface area contributed by atoms with Crippen LogP contribution in [-0.2, 0) is 9.47 Å². The molecule has 23 heavy (non-hydrogen) atoms. The zero-order valence-corrected chi connectivity index (χ0v) is 15.7. The van der Waals surface area contributed by atoms with Crippen LogP contribution in [0.1, 0.15) is 48.0 Å². The summed E-state index contributed by atoms with van der Waals surface area (Å²) in [4.78, 5) is 0. The molecule has 0 amide bonds. The van der Waals surface area contributed by atoms with E-state index in [1.807, 2.05) is 27.7 Å². The molecule has 4 nitrogen and oxygen atoms in total. The van der Waals surface area contributed by atoms with E-state index in [4.69, 9.17) is 23.1 Å². The van der Waals surface area contributed by atoms with Crippen LogP contribution in [0.15, 0.2) is 37.3 Å². The number of nitrogens with two attached hydrogens (primary N) is 1. The maximum atomic E-state index is 6.45. The molecule has 0 bridgehead atoms. The first kappa shape index (κ1) is 21.8. The zero-order chi connectivity index (χ0) is 18.5. The van der Waals surface area contributed by atoms with E-state index in [9.17, 15) is 0 Å². The van der Waals surface area contributed by atoms with Crippen LogP contribution in [0.25, 0.3) is 0 Å². The summed E-state index contributed by atoms with van der Waals surface area (Å²) in [5.74, 6) is 0.476. The molecule has 0 saturated heterocycles. The summed E-state index contributed by atoms with van der Waals surface area (Å²) in [6, 6.07) is 0. The molecule has 0 fully saturated rings. The van der Waals surface area contributed by atoms with Crippen LogP contribution in [0.3, 0.4) is 0 Å². The van der Waals surface area contributed by atoms with Crippen LogP contribution in [0.5, 0.6) is 0 Å². The predicted octanol–water partition coefficient (Wildman–Crippen LogP) is 3.21. The third kappa shape index (κ3) is 6.84. The lowest BCUT2D eigenvalue weighted by atomic mass is 9.67. The van der Waals surface area contributed by atoms with E-state index in [-0.39, 0.29) is 11.6 Å². The van der Waals surface area contributed by atoms with Crippen molar-refractivity contribution in [3.05, 3.63) is 37.3 Å². The van der Waals surface area contributed by atoms with E-state index in [0.717, 1.165) is 12.1 Å².